The summed E-state index contributed by atoms with van der Waals surface area (Å²) in [6, 6.07) is 12.6. The molecule has 2 heteroatoms. The molecule has 1 atom stereocenters. The molecule has 0 N–H and O–H groups in total. The fraction of sp³-hybridized carbons (Fsp3) is 0.438. The number of nitrogens with zero attached hydrogens (tertiary/aromatic N) is 1. The number of rotatable bonds is 6. The van der Waals surface area contributed by atoms with Crippen LogP contribution in [0.15, 0.2) is 36.4 Å². The Balaban J connectivity index is 1.91. The summed E-state index contributed by atoms with van der Waals surface area (Å²) < 4.78 is 0. The summed E-state index contributed by atoms with van der Waals surface area (Å²) in [5.41, 5.74) is 2.32. The molecule has 1 unspecified atom stereocenters. The molecular weight excluding hydrogens is 286 g/mol. The van der Waals surface area contributed by atoms with Crippen molar-refractivity contribution in [2.75, 3.05) is 0 Å². The molecule has 1 heterocycles. The largest absolute Gasteiger partial charge is 0.253 e. The highest BCUT2D eigenvalue weighted by molar-refractivity contribution is 9.09. The zero-order valence-corrected chi connectivity index (χ0v) is 12.5. The van der Waals surface area contributed by atoms with Crippen molar-refractivity contribution in [3.63, 3.8) is 0 Å². The molecule has 0 amide bonds. The van der Waals surface area contributed by atoms with Crippen molar-refractivity contribution in [1.29, 1.82) is 0 Å². The second-order valence-electron chi connectivity index (χ2n) is 4.77. The molecule has 0 bridgehead atoms. The number of pyridine rings is 1. The van der Waals surface area contributed by atoms with Gasteiger partial charge in [-0.25, -0.2) is 0 Å². The van der Waals surface area contributed by atoms with Gasteiger partial charge < -0.3 is 0 Å². The van der Waals surface area contributed by atoms with Gasteiger partial charge in [-0.05, 0) is 37.8 Å². The summed E-state index contributed by atoms with van der Waals surface area (Å²) in [7, 11) is 0. The Morgan fingerprint density at radius 1 is 1.11 bits per heavy atom. The van der Waals surface area contributed by atoms with Crippen LogP contribution in [-0.4, -0.2) is 9.81 Å². The molecular formula is C16H20BrN. The Kier molecular flexibility index (Phi) is 5.18. The van der Waals surface area contributed by atoms with Crippen molar-refractivity contribution < 1.29 is 0 Å². The lowest BCUT2D eigenvalue weighted by molar-refractivity contribution is 0.651. The van der Waals surface area contributed by atoms with Crippen LogP contribution in [0.5, 0.6) is 0 Å². The monoisotopic (exact) mass is 305 g/mol. The van der Waals surface area contributed by atoms with Crippen molar-refractivity contribution in [2.45, 2.75) is 43.9 Å². The normalized spacial score (nSPS) is 12.8. The second-order valence-corrected chi connectivity index (χ2v) is 6.07. The maximum Gasteiger partial charge on any atom is 0.0705 e. The van der Waals surface area contributed by atoms with Gasteiger partial charge in [0.25, 0.3) is 0 Å². The molecule has 0 fully saturated rings. The van der Waals surface area contributed by atoms with E-state index in [0.717, 1.165) is 11.9 Å². The van der Waals surface area contributed by atoms with Crippen LogP contribution < -0.4 is 0 Å². The summed E-state index contributed by atoms with van der Waals surface area (Å²) in [4.78, 5) is 5.37. The quantitative estimate of drug-likeness (QED) is 0.675. The Morgan fingerprint density at radius 3 is 2.78 bits per heavy atom. The van der Waals surface area contributed by atoms with Crippen LogP contribution in [0.25, 0.3) is 10.9 Å². The van der Waals surface area contributed by atoms with Gasteiger partial charge in [0.05, 0.1) is 5.52 Å². The first-order valence-corrected chi connectivity index (χ1v) is 7.70. The topological polar surface area (TPSA) is 12.9 Å². The zero-order chi connectivity index (χ0) is 12.8. The third-order valence-electron chi connectivity index (χ3n) is 3.21. The van der Waals surface area contributed by atoms with E-state index in [1.54, 1.807) is 0 Å². The van der Waals surface area contributed by atoms with Crippen molar-refractivity contribution in [3.05, 3.63) is 42.1 Å². The second kappa shape index (κ2) is 6.89. The molecule has 2 aromatic rings. The molecule has 0 saturated heterocycles. The molecule has 18 heavy (non-hydrogen) atoms. The van der Waals surface area contributed by atoms with Crippen LogP contribution in [0.4, 0.5) is 0 Å². The van der Waals surface area contributed by atoms with E-state index < -0.39 is 0 Å². The molecule has 0 radical (unpaired) electrons. The Bertz CT molecular complexity index is 495. The molecule has 0 saturated carbocycles. The Hall–Kier alpha value is -0.890. The number of alkyl halides is 1. The molecule has 96 valence electrons. The van der Waals surface area contributed by atoms with Gasteiger partial charge in [-0.3, -0.25) is 4.98 Å². The highest BCUT2D eigenvalue weighted by Gasteiger charge is 2.03. The first-order valence-electron chi connectivity index (χ1n) is 6.78. The van der Waals surface area contributed by atoms with Crippen LogP contribution in [0.1, 0.15) is 38.3 Å². The van der Waals surface area contributed by atoms with Gasteiger partial charge in [0.2, 0.25) is 0 Å². The summed E-state index contributed by atoms with van der Waals surface area (Å²) in [6.45, 7) is 2.24. The molecule has 1 nitrogen and oxygen atoms in total. The number of halogens is 1. The van der Waals surface area contributed by atoms with Crippen LogP contribution >= 0.6 is 15.9 Å². The number of para-hydroxylation sites is 1. The number of fused-ring (bicyclic) bond motifs is 1. The summed E-state index contributed by atoms with van der Waals surface area (Å²) in [5, 5.41) is 1.23. The number of aromatic nitrogens is 1. The number of benzene rings is 1. The van der Waals surface area contributed by atoms with E-state index in [-0.39, 0.29) is 0 Å². The van der Waals surface area contributed by atoms with Crippen molar-refractivity contribution in [1.82, 2.24) is 4.98 Å². The van der Waals surface area contributed by atoms with E-state index in [1.165, 1.54) is 36.8 Å². The van der Waals surface area contributed by atoms with E-state index in [4.69, 9.17) is 4.98 Å². The van der Waals surface area contributed by atoms with Crippen LogP contribution in [0, 0.1) is 0 Å². The van der Waals surface area contributed by atoms with Gasteiger partial charge in [0.1, 0.15) is 0 Å². The van der Waals surface area contributed by atoms with Gasteiger partial charge in [-0.2, -0.15) is 0 Å². The standard InChI is InChI=1S/C16H20BrN/c1-2-6-14(17)8-5-9-15-12-11-13-7-3-4-10-16(13)18-15/h3-4,7,10-12,14H,2,5-6,8-9H2,1H3. The molecule has 1 aromatic heterocycles. The fourth-order valence-electron chi connectivity index (χ4n) is 2.21. The van der Waals surface area contributed by atoms with E-state index in [9.17, 15) is 0 Å². The molecule has 0 aliphatic heterocycles. The van der Waals surface area contributed by atoms with Crippen molar-refractivity contribution in [2.24, 2.45) is 0 Å². The lowest BCUT2D eigenvalue weighted by atomic mass is 10.1. The molecule has 1 aromatic carbocycles. The van der Waals surface area contributed by atoms with Crippen molar-refractivity contribution in [3.8, 4) is 0 Å². The van der Waals surface area contributed by atoms with Gasteiger partial charge in [0, 0.05) is 15.9 Å². The number of hydrogen-bond acceptors (Lipinski definition) is 1. The summed E-state index contributed by atoms with van der Waals surface area (Å²) in [6.07, 6.45) is 6.05. The van der Waals surface area contributed by atoms with Crippen LogP contribution in [0.2, 0.25) is 0 Å². The minimum Gasteiger partial charge on any atom is -0.253 e. The van der Waals surface area contributed by atoms with E-state index in [0.29, 0.717) is 4.83 Å². The lowest BCUT2D eigenvalue weighted by Gasteiger charge is -2.08. The Labute approximate surface area is 118 Å². The summed E-state index contributed by atoms with van der Waals surface area (Å²) >= 11 is 3.73. The minimum atomic E-state index is 0.669. The third-order valence-corrected chi connectivity index (χ3v) is 4.12. The van der Waals surface area contributed by atoms with E-state index in [2.05, 4.69) is 59.3 Å². The zero-order valence-electron chi connectivity index (χ0n) is 10.9. The predicted molar refractivity (Wildman–Crippen MR) is 82.3 cm³/mol. The van der Waals surface area contributed by atoms with Crippen LogP contribution in [-0.2, 0) is 6.42 Å². The maximum absolute atomic E-state index is 4.70. The van der Waals surface area contributed by atoms with E-state index in [1.807, 2.05) is 0 Å². The smallest absolute Gasteiger partial charge is 0.0705 e. The lowest BCUT2D eigenvalue weighted by Crippen LogP contribution is -1.99. The maximum atomic E-state index is 4.70. The molecule has 0 spiro atoms. The fourth-order valence-corrected chi connectivity index (χ4v) is 2.99. The first kappa shape index (κ1) is 13.5. The highest BCUT2D eigenvalue weighted by Crippen LogP contribution is 2.17. The molecule has 0 aliphatic carbocycles. The first-order chi connectivity index (χ1) is 8.79. The number of aryl methyl sites for hydroxylation is 1. The predicted octanol–water partition coefficient (Wildman–Crippen LogP) is 5.12. The van der Waals surface area contributed by atoms with Crippen LogP contribution in [0.3, 0.4) is 0 Å². The Morgan fingerprint density at radius 2 is 1.94 bits per heavy atom. The van der Waals surface area contributed by atoms with Gasteiger partial charge in [0.15, 0.2) is 0 Å². The van der Waals surface area contributed by atoms with Gasteiger partial charge in [-0.1, -0.05) is 53.5 Å². The SMILES string of the molecule is CCCC(Br)CCCc1ccc2ccccc2n1. The average Bonchev–Trinajstić information content (AvgIpc) is 2.39. The minimum absolute atomic E-state index is 0.669. The average molecular weight is 306 g/mol. The summed E-state index contributed by atoms with van der Waals surface area (Å²) in [5.74, 6) is 0. The van der Waals surface area contributed by atoms with E-state index >= 15 is 0 Å². The third kappa shape index (κ3) is 3.81. The number of hydrogen-bond donors (Lipinski definition) is 0. The van der Waals surface area contributed by atoms with Gasteiger partial charge >= 0.3 is 0 Å². The highest BCUT2D eigenvalue weighted by atomic mass is 79.9. The molecule has 2 rings (SSSR count). The molecule has 0 aliphatic rings. The van der Waals surface area contributed by atoms with Gasteiger partial charge in [-0.15, -0.1) is 0 Å². The van der Waals surface area contributed by atoms with Crippen molar-refractivity contribution >= 4 is 26.8 Å².